The first-order valence-electron chi connectivity index (χ1n) is 16.1. The Morgan fingerprint density at radius 1 is 0.468 bits per heavy atom. The van der Waals surface area contributed by atoms with Crippen molar-refractivity contribution in [3.8, 4) is 27.9 Å². The van der Waals surface area contributed by atoms with Crippen molar-refractivity contribution < 1.29 is 0 Å². The van der Waals surface area contributed by atoms with E-state index in [1.54, 1.807) is 0 Å². The normalized spacial score (nSPS) is 11.2. The van der Waals surface area contributed by atoms with Gasteiger partial charge in [-0.15, -0.1) is 0 Å². The fourth-order valence-corrected chi connectivity index (χ4v) is 6.57. The summed E-state index contributed by atoms with van der Waals surface area (Å²) in [6.45, 7) is 6.04. The Morgan fingerprint density at radius 3 is 1.62 bits per heavy atom. The van der Waals surface area contributed by atoms with Crippen LogP contribution in [0.2, 0.25) is 0 Å². The molecule has 0 bridgehead atoms. The van der Waals surface area contributed by atoms with Gasteiger partial charge in [-0.1, -0.05) is 121 Å². The Bertz CT molecular complexity index is 2330. The molecule has 8 rings (SSSR count). The number of hydrogen-bond donors (Lipinski definition) is 0. The predicted octanol–water partition coefficient (Wildman–Crippen LogP) is 12.5. The summed E-state index contributed by atoms with van der Waals surface area (Å²) in [7, 11) is 0. The standard InChI is InChI=1S/C45H34N2/c1-3-33-15-24-41(25-16-33)47-44-12-8-7-11-42(44)43-31-37(23-30-45(43)47)36-21-28-40(29-22-36)46(38-9-5-4-6-10-38)39-26-19-35(20-27-39)34-17-13-32(2)14-18-34/h3-31H,1H2,2H3. The van der Waals surface area contributed by atoms with Gasteiger partial charge in [0.25, 0.3) is 0 Å². The van der Waals surface area contributed by atoms with Crippen molar-refractivity contribution in [1.29, 1.82) is 0 Å². The van der Waals surface area contributed by atoms with E-state index in [-0.39, 0.29) is 0 Å². The Kier molecular flexibility index (Phi) is 7.24. The molecule has 2 heteroatoms. The number of rotatable bonds is 7. The number of para-hydroxylation sites is 2. The van der Waals surface area contributed by atoms with E-state index in [0.717, 1.165) is 28.3 Å². The minimum absolute atomic E-state index is 1.11. The molecule has 8 aromatic rings. The van der Waals surface area contributed by atoms with Gasteiger partial charge in [0, 0.05) is 33.5 Å². The largest absolute Gasteiger partial charge is 0.311 e. The summed E-state index contributed by atoms with van der Waals surface area (Å²) in [6.07, 6.45) is 1.88. The highest BCUT2D eigenvalue weighted by Gasteiger charge is 2.15. The Hall–Kier alpha value is -6.12. The molecular weight excluding hydrogens is 569 g/mol. The fraction of sp³-hybridized carbons (Fsp3) is 0.0222. The van der Waals surface area contributed by atoms with E-state index in [9.17, 15) is 0 Å². The molecule has 0 radical (unpaired) electrons. The van der Waals surface area contributed by atoms with Crippen LogP contribution >= 0.6 is 0 Å². The van der Waals surface area contributed by atoms with Crippen molar-refractivity contribution in [2.24, 2.45) is 0 Å². The van der Waals surface area contributed by atoms with Crippen molar-refractivity contribution in [2.75, 3.05) is 4.90 Å². The number of anilines is 3. The average Bonchev–Trinajstić information content (AvgIpc) is 3.47. The van der Waals surface area contributed by atoms with Crippen LogP contribution in [0.4, 0.5) is 17.1 Å². The molecule has 1 aromatic heterocycles. The van der Waals surface area contributed by atoms with Gasteiger partial charge >= 0.3 is 0 Å². The molecule has 2 nitrogen and oxygen atoms in total. The van der Waals surface area contributed by atoms with Crippen LogP contribution in [-0.2, 0) is 0 Å². The number of nitrogens with zero attached hydrogens (tertiary/aromatic N) is 2. The zero-order valence-corrected chi connectivity index (χ0v) is 26.3. The Balaban J connectivity index is 1.16. The van der Waals surface area contributed by atoms with E-state index >= 15 is 0 Å². The van der Waals surface area contributed by atoms with Gasteiger partial charge in [0.2, 0.25) is 0 Å². The van der Waals surface area contributed by atoms with Crippen LogP contribution in [0.25, 0.3) is 55.8 Å². The minimum atomic E-state index is 1.11. The minimum Gasteiger partial charge on any atom is -0.311 e. The van der Waals surface area contributed by atoms with E-state index in [1.165, 1.54) is 49.6 Å². The third kappa shape index (κ3) is 5.30. The van der Waals surface area contributed by atoms with Gasteiger partial charge in [0.15, 0.2) is 0 Å². The van der Waals surface area contributed by atoms with Crippen molar-refractivity contribution in [3.05, 3.63) is 188 Å². The van der Waals surface area contributed by atoms with Crippen LogP contribution < -0.4 is 4.90 Å². The summed E-state index contributed by atoms with van der Waals surface area (Å²) >= 11 is 0. The lowest BCUT2D eigenvalue weighted by atomic mass is 10.0. The average molecular weight is 603 g/mol. The van der Waals surface area contributed by atoms with E-state index in [1.807, 2.05) is 6.08 Å². The third-order valence-corrected chi connectivity index (χ3v) is 9.04. The highest BCUT2D eigenvalue weighted by molar-refractivity contribution is 6.10. The quantitative estimate of drug-likeness (QED) is 0.176. The second kappa shape index (κ2) is 12.0. The molecule has 0 unspecified atom stereocenters. The molecule has 0 amide bonds. The summed E-state index contributed by atoms with van der Waals surface area (Å²) in [4.78, 5) is 2.32. The molecule has 1 heterocycles. The van der Waals surface area contributed by atoms with Gasteiger partial charge < -0.3 is 9.47 Å². The van der Waals surface area contributed by atoms with Crippen LogP contribution in [0.15, 0.2) is 176 Å². The highest BCUT2D eigenvalue weighted by Crippen LogP contribution is 2.38. The van der Waals surface area contributed by atoms with Crippen molar-refractivity contribution >= 4 is 44.9 Å². The van der Waals surface area contributed by atoms with Crippen molar-refractivity contribution in [3.63, 3.8) is 0 Å². The Labute approximate surface area is 276 Å². The van der Waals surface area contributed by atoms with Gasteiger partial charge in [0.05, 0.1) is 11.0 Å². The maximum Gasteiger partial charge on any atom is 0.0541 e. The summed E-state index contributed by atoms with van der Waals surface area (Å²) in [5, 5.41) is 2.49. The van der Waals surface area contributed by atoms with E-state index in [2.05, 4.69) is 193 Å². The lowest BCUT2D eigenvalue weighted by Crippen LogP contribution is -2.09. The topological polar surface area (TPSA) is 8.17 Å². The smallest absolute Gasteiger partial charge is 0.0541 e. The van der Waals surface area contributed by atoms with Crippen LogP contribution in [0.1, 0.15) is 11.1 Å². The van der Waals surface area contributed by atoms with Gasteiger partial charge in [-0.3, -0.25) is 0 Å². The first-order valence-corrected chi connectivity index (χ1v) is 16.1. The second-order valence-corrected chi connectivity index (χ2v) is 12.0. The molecular formula is C45H34N2. The Morgan fingerprint density at radius 2 is 0.979 bits per heavy atom. The molecule has 47 heavy (non-hydrogen) atoms. The van der Waals surface area contributed by atoms with Crippen LogP contribution in [-0.4, -0.2) is 4.57 Å². The molecule has 0 aliphatic rings. The molecule has 0 aliphatic carbocycles. The van der Waals surface area contributed by atoms with Gasteiger partial charge in [0.1, 0.15) is 0 Å². The summed E-state index contributed by atoms with van der Waals surface area (Å²) in [5.74, 6) is 0. The van der Waals surface area contributed by atoms with Crippen molar-refractivity contribution in [1.82, 2.24) is 4.57 Å². The molecule has 0 saturated carbocycles. The molecule has 0 saturated heterocycles. The number of hydrogen-bond acceptors (Lipinski definition) is 1. The van der Waals surface area contributed by atoms with E-state index in [0.29, 0.717) is 0 Å². The lowest BCUT2D eigenvalue weighted by molar-refractivity contribution is 1.18. The van der Waals surface area contributed by atoms with Gasteiger partial charge in [-0.05, 0) is 101 Å². The van der Waals surface area contributed by atoms with Gasteiger partial charge in [-0.2, -0.15) is 0 Å². The number of aromatic nitrogens is 1. The maximum atomic E-state index is 3.91. The number of benzene rings is 7. The molecule has 0 fully saturated rings. The summed E-state index contributed by atoms with van der Waals surface area (Å²) < 4.78 is 2.35. The summed E-state index contributed by atoms with van der Waals surface area (Å²) in [5.41, 5.74) is 14.1. The maximum absolute atomic E-state index is 3.91. The van der Waals surface area contributed by atoms with Crippen LogP contribution in [0, 0.1) is 6.92 Å². The first-order chi connectivity index (χ1) is 23.2. The van der Waals surface area contributed by atoms with E-state index in [4.69, 9.17) is 0 Å². The number of aryl methyl sites for hydroxylation is 1. The number of fused-ring (bicyclic) bond motifs is 3. The zero-order chi connectivity index (χ0) is 31.7. The predicted molar refractivity (Wildman–Crippen MR) is 201 cm³/mol. The fourth-order valence-electron chi connectivity index (χ4n) is 6.57. The monoisotopic (exact) mass is 602 g/mol. The van der Waals surface area contributed by atoms with Gasteiger partial charge in [-0.25, -0.2) is 0 Å². The highest BCUT2D eigenvalue weighted by atomic mass is 15.1. The molecule has 7 aromatic carbocycles. The zero-order valence-electron chi connectivity index (χ0n) is 26.3. The molecule has 0 atom stereocenters. The molecule has 224 valence electrons. The van der Waals surface area contributed by atoms with Crippen molar-refractivity contribution in [2.45, 2.75) is 6.92 Å². The van der Waals surface area contributed by atoms with Crippen LogP contribution in [0.5, 0.6) is 0 Å². The third-order valence-electron chi connectivity index (χ3n) is 9.04. The molecule has 0 N–H and O–H groups in total. The van der Waals surface area contributed by atoms with E-state index < -0.39 is 0 Å². The molecule has 0 aliphatic heterocycles. The molecule has 0 spiro atoms. The first kappa shape index (κ1) is 28.4. The SMILES string of the molecule is C=Cc1ccc(-n2c3ccccc3c3cc(-c4ccc(N(c5ccccc5)c5ccc(-c6ccc(C)cc6)cc5)cc4)ccc32)cc1. The van der Waals surface area contributed by atoms with Crippen LogP contribution in [0.3, 0.4) is 0 Å². The summed E-state index contributed by atoms with van der Waals surface area (Å²) in [6, 6.07) is 61.1. The lowest BCUT2D eigenvalue weighted by Gasteiger charge is -2.26. The second-order valence-electron chi connectivity index (χ2n) is 12.0.